The highest BCUT2D eigenvalue weighted by Gasteiger charge is 2.78. The number of aliphatic hydroxyl groups is 1. The van der Waals surface area contributed by atoms with Gasteiger partial charge >= 0.3 is 5.97 Å². The average molecular weight is 491 g/mol. The molecule has 0 aliphatic carbocycles. The third-order valence-electron chi connectivity index (χ3n) is 7.86. The lowest BCUT2D eigenvalue weighted by Gasteiger charge is -2.37. The Kier molecular flexibility index (Phi) is 9.16. The van der Waals surface area contributed by atoms with Gasteiger partial charge in [-0.15, -0.1) is 6.58 Å². The summed E-state index contributed by atoms with van der Waals surface area (Å²) in [5.41, 5.74) is -1.87. The number of aliphatic hydroxyl groups excluding tert-OH is 1. The highest BCUT2D eigenvalue weighted by molar-refractivity contribution is 5.98. The molecule has 8 nitrogen and oxygen atoms in total. The molecular formula is C27H42N2O6. The molecule has 3 fully saturated rings. The van der Waals surface area contributed by atoms with Gasteiger partial charge in [0.15, 0.2) is 0 Å². The first-order valence-corrected chi connectivity index (χ1v) is 13.1. The summed E-state index contributed by atoms with van der Waals surface area (Å²) >= 11 is 0. The fourth-order valence-electron chi connectivity index (χ4n) is 6.25. The van der Waals surface area contributed by atoms with Crippen molar-refractivity contribution in [3.8, 4) is 0 Å². The Morgan fingerprint density at radius 2 is 1.94 bits per heavy atom. The number of rotatable bonds is 15. The molecule has 3 aliphatic rings. The molecule has 0 aromatic carbocycles. The molecule has 0 aromatic heterocycles. The van der Waals surface area contributed by atoms with Gasteiger partial charge in [-0.1, -0.05) is 44.9 Å². The second kappa shape index (κ2) is 11.7. The molecule has 0 saturated carbocycles. The minimum absolute atomic E-state index is 0.0698. The molecule has 5 atom stereocenters. The predicted octanol–water partition coefficient (Wildman–Crippen LogP) is 2.85. The van der Waals surface area contributed by atoms with Gasteiger partial charge in [-0.25, -0.2) is 0 Å². The van der Waals surface area contributed by atoms with Gasteiger partial charge in [-0.05, 0) is 39.0 Å². The standard InChI is InChI=1S/C27H42N2O6/c1-5-8-16-28(15-6-2)24(32)22-27-14-13-26(4,35-27)21(25(33)34-19-7-3)20(27)23(31)29(22)17-11-9-10-12-18-30/h6-7,20-22,30H,2-3,5,8-19H2,1,4H3/t20-,21-,22?,26+,27?/m0/s1. The zero-order chi connectivity index (χ0) is 25.6. The molecule has 2 amide bonds. The van der Waals surface area contributed by atoms with Crippen LogP contribution in [-0.2, 0) is 23.9 Å². The van der Waals surface area contributed by atoms with Crippen molar-refractivity contribution in [1.82, 2.24) is 9.80 Å². The lowest BCUT2D eigenvalue weighted by atomic mass is 9.66. The first kappa shape index (κ1) is 27.4. The molecule has 3 saturated heterocycles. The molecule has 3 aliphatic heterocycles. The predicted molar refractivity (Wildman–Crippen MR) is 132 cm³/mol. The topological polar surface area (TPSA) is 96.4 Å². The van der Waals surface area contributed by atoms with Crippen LogP contribution in [0.1, 0.15) is 65.2 Å². The van der Waals surface area contributed by atoms with Gasteiger partial charge in [0, 0.05) is 26.2 Å². The summed E-state index contributed by atoms with van der Waals surface area (Å²) in [5, 5.41) is 9.07. The first-order chi connectivity index (χ1) is 16.8. The summed E-state index contributed by atoms with van der Waals surface area (Å²) in [6.07, 6.45) is 9.30. The maximum atomic E-state index is 14.1. The van der Waals surface area contributed by atoms with Crippen molar-refractivity contribution in [2.45, 2.75) is 82.5 Å². The molecular weight excluding hydrogens is 448 g/mol. The third kappa shape index (κ3) is 5.05. The van der Waals surface area contributed by atoms with Gasteiger partial charge in [0.05, 0.1) is 11.5 Å². The molecule has 8 heteroatoms. The zero-order valence-corrected chi connectivity index (χ0v) is 21.4. The van der Waals surface area contributed by atoms with Crippen LogP contribution >= 0.6 is 0 Å². The molecule has 196 valence electrons. The number of hydrogen-bond acceptors (Lipinski definition) is 6. The lowest BCUT2D eigenvalue weighted by molar-refractivity contribution is -0.159. The number of hydrogen-bond donors (Lipinski definition) is 1. The van der Waals surface area contributed by atoms with Crippen molar-refractivity contribution in [2.24, 2.45) is 11.8 Å². The van der Waals surface area contributed by atoms with Crippen molar-refractivity contribution in [3.05, 3.63) is 25.3 Å². The molecule has 2 bridgehead atoms. The first-order valence-electron chi connectivity index (χ1n) is 13.1. The number of carbonyl (C=O) groups excluding carboxylic acids is 3. The summed E-state index contributed by atoms with van der Waals surface area (Å²) in [4.78, 5) is 44.5. The summed E-state index contributed by atoms with van der Waals surface area (Å²) < 4.78 is 12.0. The second-order valence-corrected chi connectivity index (χ2v) is 10.2. The van der Waals surface area contributed by atoms with Crippen LogP contribution in [0.3, 0.4) is 0 Å². The average Bonchev–Trinajstić information content (AvgIpc) is 3.40. The van der Waals surface area contributed by atoms with Gasteiger partial charge < -0.3 is 24.4 Å². The van der Waals surface area contributed by atoms with Gasteiger partial charge in [0.25, 0.3) is 0 Å². The number of carbonyl (C=O) groups is 3. The van der Waals surface area contributed by atoms with Crippen molar-refractivity contribution >= 4 is 17.8 Å². The van der Waals surface area contributed by atoms with E-state index in [-0.39, 0.29) is 25.0 Å². The monoisotopic (exact) mass is 490 g/mol. The van der Waals surface area contributed by atoms with Crippen molar-refractivity contribution in [3.63, 3.8) is 0 Å². The number of likely N-dealkylation sites (tertiary alicyclic amines) is 1. The van der Waals surface area contributed by atoms with E-state index < -0.39 is 35.0 Å². The van der Waals surface area contributed by atoms with Crippen molar-refractivity contribution < 1.29 is 29.0 Å². The molecule has 3 rings (SSSR count). The summed E-state index contributed by atoms with van der Waals surface area (Å²) in [6.45, 7) is 13.0. The second-order valence-electron chi connectivity index (χ2n) is 10.2. The zero-order valence-electron chi connectivity index (χ0n) is 21.4. The van der Waals surface area contributed by atoms with Crippen LogP contribution in [0.15, 0.2) is 25.3 Å². The Morgan fingerprint density at radius 1 is 1.20 bits per heavy atom. The van der Waals surface area contributed by atoms with E-state index in [2.05, 4.69) is 20.1 Å². The Balaban J connectivity index is 1.95. The van der Waals surface area contributed by atoms with Crippen LogP contribution in [-0.4, -0.2) is 82.8 Å². The number of amides is 2. The van der Waals surface area contributed by atoms with Crippen molar-refractivity contribution in [2.75, 3.05) is 32.8 Å². The highest BCUT2D eigenvalue weighted by atomic mass is 16.6. The SMILES string of the molecule is C=CCOC(=O)[C@@H]1[C@H]2C(=O)N(CCCCCCO)C(C(=O)N(CC=C)CCCC)C23CC[C@@]1(C)O3. The van der Waals surface area contributed by atoms with Crippen LogP contribution in [0, 0.1) is 11.8 Å². The lowest BCUT2D eigenvalue weighted by Crippen LogP contribution is -2.56. The number of fused-ring (bicyclic) bond motifs is 1. The normalized spacial score (nSPS) is 30.9. The van der Waals surface area contributed by atoms with E-state index >= 15 is 0 Å². The largest absolute Gasteiger partial charge is 0.461 e. The Hall–Kier alpha value is -2.19. The molecule has 2 unspecified atom stereocenters. The van der Waals surface area contributed by atoms with E-state index in [0.717, 1.165) is 32.1 Å². The maximum Gasteiger partial charge on any atom is 0.313 e. The van der Waals surface area contributed by atoms with E-state index in [1.807, 2.05) is 6.92 Å². The van der Waals surface area contributed by atoms with Crippen LogP contribution in [0.5, 0.6) is 0 Å². The number of unbranched alkanes of at least 4 members (excludes halogenated alkanes) is 4. The molecule has 1 N–H and O–H groups in total. The van der Waals surface area contributed by atoms with E-state index in [0.29, 0.717) is 38.9 Å². The molecule has 0 radical (unpaired) electrons. The van der Waals surface area contributed by atoms with E-state index in [1.165, 1.54) is 6.08 Å². The quantitative estimate of drug-likeness (QED) is 0.215. The van der Waals surface area contributed by atoms with Crippen LogP contribution < -0.4 is 0 Å². The van der Waals surface area contributed by atoms with Gasteiger partial charge in [0.2, 0.25) is 11.8 Å². The highest BCUT2D eigenvalue weighted by Crippen LogP contribution is 2.63. The fourth-order valence-corrected chi connectivity index (χ4v) is 6.25. The molecule has 1 spiro atoms. The van der Waals surface area contributed by atoms with E-state index in [9.17, 15) is 14.4 Å². The van der Waals surface area contributed by atoms with Crippen LogP contribution in [0.2, 0.25) is 0 Å². The van der Waals surface area contributed by atoms with Crippen LogP contribution in [0.25, 0.3) is 0 Å². The number of esters is 1. The van der Waals surface area contributed by atoms with Gasteiger partial charge in [-0.3, -0.25) is 14.4 Å². The minimum atomic E-state index is -1.03. The summed E-state index contributed by atoms with van der Waals surface area (Å²) in [7, 11) is 0. The van der Waals surface area contributed by atoms with Crippen LogP contribution in [0.4, 0.5) is 0 Å². The Labute approximate surface area is 209 Å². The maximum absolute atomic E-state index is 14.1. The fraction of sp³-hybridized carbons (Fsp3) is 0.741. The number of ether oxygens (including phenoxy) is 2. The Morgan fingerprint density at radius 3 is 2.60 bits per heavy atom. The molecule has 35 heavy (non-hydrogen) atoms. The van der Waals surface area contributed by atoms with Crippen molar-refractivity contribution in [1.29, 1.82) is 0 Å². The molecule has 0 aromatic rings. The van der Waals surface area contributed by atoms with Gasteiger partial charge in [0.1, 0.15) is 24.2 Å². The summed E-state index contributed by atoms with van der Waals surface area (Å²) in [6, 6.07) is -0.770. The summed E-state index contributed by atoms with van der Waals surface area (Å²) in [5.74, 6) is -2.27. The van der Waals surface area contributed by atoms with E-state index in [1.54, 1.807) is 15.9 Å². The number of nitrogens with zero attached hydrogens (tertiary/aromatic N) is 2. The molecule has 3 heterocycles. The minimum Gasteiger partial charge on any atom is -0.461 e. The smallest absolute Gasteiger partial charge is 0.313 e. The van der Waals surface area contributed by atoms with Gasteiger partial charge in [-0.2, -0.15) is 0 Å². The Bertz CT molecular complexity index is 815. The third-order valence-corrected chi connectivity index (χ3v) is 7.86. The van der Waals surface area contributed by atoms with E-state index in [4.69, 9.17) is 14.6 Å².